The molecule has 1 atom stereocenters. The number of urea groups is 1. The fourth-order valence-corrected chi connectivity index (χ4v) is 2.85. The van der Waals surface area contributed by atoms with Gasteiger partial charge in [0.15, 0.2) is 0 Å². The lowest BCUT2D eigenvalue weighted by molar-refractivity contribution is 0.0604. The number of thiophene rings is 1. The van der Waals surface area contributed by atoms with Crippen molar-refractivity contribution in [2.24, 2.45) is 0 Å². The van der Waals surface area contributed by atoms with Gasteiger partial charge in [-0.2, -0.15) is 11.3 Å². The number of hydrogen-bond donors (Lipinski definition) is 3. The number of aliphatic hydroxyl groups is 1. The minimum absolute atomic E-state index is 0.128. The second-order valence-corrected chi connectivity index (χ2v) is 6.17. The molecular weight excluding hydrogens is 312 g/mol. The van der Waals surface area contributed by atoms with Crippen molar-refractivity contribution >= 4 is 23.1 Å². The first-order chi connectivity index (χ1) is 11.0. The molecule has 2 rings (SSSR count). The van der Waals surface area contributed by atoms with Crippen LogP contribution in [0, 0.1) is 0 Å². The lowest BCUT2D eigenvalue weighted by Crippen LogP contribution is -2.40. The van der Waals surface area contributed by atoms with Gasteiger partial charge in [0.05, 0.1) is 13.2 Å². The van der Waals surface area contributed by atoms with Crippen LogP contribution in [0.3, 0.4) is 0 Å². The molecule has 0 radical (unpaired) electrons. The Balaban J connectivity index is 1.92. The van der Waals surface area contributed by atoms with Gasteiger partial charge in [-0.05, 0) is 42.3 Å². The normalized spacial score (nSPS) is 13.3. The maximum atomic E-state index is 12.1. The third kappa shape index (κ3) is 5.06. The van der Waals surface area contributed by atoms with Crippen molar-refractivity contribution < 1.29 is 14.6 Å². The van der Waals surface area contributed by atoms with Crippen LogP contribution in [0.5, 0.6) is 0 Å². The quantitative estimate of drug-likeness (QED) is 0.727. The summed E-state index contributed by atoms with van der Waals surface area (Å²) < 4.78 is 5.39. The van der Waals surface area contributed by atoms with Crippen LogP contribution < -0.4 is 10.6 Å². The van der Waals surface area contributed by atoms with Crippen molar-refractivity contribution in [1.82, 2.24) is 5.32 Å². The van der Waals surface area contributed by atoms with E-state index in [4.69, 9.17) is 4.74 Å². The monoisotopic (exact) mass is 334 g/mol. The molecule has 0 spiro atoms. The predicted molar refractivity (Wildman–Crippen MR) is 92.7 cm³/mol. The highest BCUT2D eigenvalue weighted by atomic mass is 32.1. The topological polar surface area (TPSA) is 70.6 Å². The first-order valence-electron chi connectivity index (χ1n) is 7.48. The summed E-state index contributed by atoms with van der Waals surface area (Å²) in [6.45, 7) is 4.79. The second kappa shape index (κ2) is 8.10. The molecule has 0 aliphatic carbocycles. The van der Waals surface area contributed by atoms with E-state index in [1.165, 1.54) is 11.3 Å². The highest BCUT2D eigenvalue weighted by Gasteiger charge is 2.24. The van der Waals surface area contributed by atoms with Crippen LogP contribution in [0.2, 0.25) is 0 Å². The van der Waals surface area contributed by atoms with Crippen molar-refractivity contribution in [3.05, 3.63) is 52.2 Å². The number of para-hydroxylation sites is 1. The molecule has 0 bridgehead atoms. The Kier molecular flexibility index (Phi) is 6.15. The fourth-order valence-electron chi connectivity index (χ4n) is 2.07. The number of carbonyl (C=O) groups is 1. The molecule has 1 unspecified atom stereocenters. The highest BCUT2D eigenvalue weighted by Crippen LogP contribution is 2.22. The molecule has 0 fully saturated rings. The van der Waals surface area contributed by atoms with E-state index in [1.54, 1.807) is 6.92 Å². The third-order valence-corrected chi connectivity index (χ3v) is 4.15. The SMILES string of the molecule is CCOCc1ccccc1NC(=O)NCC(C)(O)c1ccsc1. The number of nitrogens with one attached hydrogen (secondary N) is 2. The Labute approximate surface area is 140 Å². The van der Waals surface area contributed by atoms with E-state index in [0.29, 0.717) is 18.9 Å². The molecule has 0 saturated heterocycles. The summed E-state index contributed by atoms with van der Waals surface area (Å²) in [7, 11) is 0. The summed E-state index contributed by atoms with van der Waals surface area (Å²) >= 11 is 1.51. The number of amides is 2. The average molecular weight is 334 g/mol. The van der Waals surface area contributed by atoms with E-state index < -0.39 is 5.60 Å². The van der Waals surface area contributed by atoms with Crippen LogP contribution >= 0.6 is 11.3 Å². The van der Waals surface area contributed by atoms with Crippen molar-refractivity contribution in [2.75, 3.05) is 18.5 Å². The third-order valence-electron chi connectivity index (χ3n) is 3.46. The van der Waals surface area contributed by atoms with Gasteiger partial charge in [0.25, 0.3) is 0 Å². The average Bonchev–Trinajstić information content (AvgIpc) is 3.08. The molecule has 5 nitrogen and oxygen atoms in total. The van der Waals surface area contributed by atoms with Crippen molar-refractivity contribution in [3.63, 3.8) is 0 Å². The smallest absolute Gasteiger partial charge is 0.319 e. The maximum absolute atomic E-state index is 12.1. The summed E-state index contributed by atoms with van der Waals surface area (Å²) in [6.07, 6.45) is 0. The lowest BCUT2D eigenvalue weighted by atomic mass is 9.99. The van der Waals surface area contributed by atoms with E-state index in [-0.39, 0.29) is 12.6 Å². The predicted octanol–water partition coefficient (Wildman–Crippen LogP) is 3.31. The van der Waals surface area contributed by atoms with Crippen LogP contribution in [-0.2, 0) is 16.9 Å². The molecule has 23 heavy (non-hydrogen) atoms. The van der Waals surface area contributed by atoms with Crippen molar-refractivity contribution in [1.29, 1.82) is 0 Å². The number of benzene rings is 1. The van der Waals surface area contributed by atoms with E-state index in [2.05, 4.69) is 10.6 Å². The number of anilines is 1. The zero-order chi connectivity index (χ0) is 16.7. The zero-order valence-electron chi connectivity index (χ0n) is 13.3. The standard InChI is InChI=1S/C17H22N2O3S/c1-3-22-10-13-6-4-5-7-15(13)19-16(20)18-12-17(2,21)14-8-9-23-11-14/h4-9,11,21H,3,10,12H2,1-2H3,(H2,18,19,20). The van der Waals surface area contributed by atoms with Gasteiger partial charge in [0, 0.05) is 17.9 Å². The molecule has 2 aromatic rings. The molecule has 0 aliphatic rings. The molecule has 124 valence electrons. The molecule has 2 amide bonds. The first-order valence-corrected chi connectivity index (χ1v) is 8.43. The second-order valence-electron chi connectivity index (χ2n) is 5.39. The summed E-state index contributed by atoms with van der Waals surface area (Å²) in [4.78, 5) is 12.1. The summed E-state index contributed by atoms with van der Waals surface area (Å²) in [5, 5.41) is 19.7. The van der Waals surface area contributed by atoms with Crippen LogP contribution in [0.15, 0.2) is 41.1 Å². The zero-order valence-corrected chi connectivity index (χ0v) is 14.2. The van der Waals surface area contributed by atoms with Gasteiger partial charge in [0.2, 0.25) is 0 Å². The van der Waals surface area contributed by atoms with Gasteiger partial charge in [0.1, 0.15) is 5.60 Å². The fraction of sp³-hybridized carbons (Fsp3) is 0.353. The van der Waals surface area contributed by atoms with Gasteiger partial charge >= 0.3 is 6.03 Å². The van der Waals surface area contributed by atoms with Gasteiger partial charge < -0.3 is 20.5 Å². The minimum atomic E-state index is -1.10. The molecule has 3 N–H and O–H groups in total. The highest BCUT2D eigenvalue weighted by molar-refractivity contribution is 7.08. The lowest BCUT2D eigenvalue weighted by Gasteiger charge is -2.23. The molecule has 1 aromatic carbocycles. The van der Waals surface area contributed by atoms with Crippen molar-refractivity contribution in [3.8, 4) is 0 Å². The van der Waals surface area contributed by atoms with Gasteiger partial charge in [-0.3, -0.25) is 0 Å². The van der Waals surface area contributed by atoms with Gasteiger partial charge in [-0.1, -0.05) is 18.2 Å². The van der Waals surface area contributed by atoms with Crippen LogP contribution in [-0.4, -0.2) is 24.3 Å². The van der Waals surface area contributed by atoms with Crippen molar-refractivity contribution in [2.45, 2.75) is 26.1 Å². The molecule has 1 heterocycles. The van der Waals surface area contributed by atoms with E-state index >= 15 is 0 Å². The number of carbonyl (C=O) groups excluding carboxylic acids is 1. The largest absolute Gasteiger partial charge is 0.384 e. The Hall–Kier alpha value is -1.89. The minimum Gasteiger partial charge on any atom is -0.384 e. The van der Waals surface area contributed by atoms with Crippen LogP contribution in [0.4, 0.5) is 10.5 Å². The number of rotatable bonds is 7. The molecule has 1 aromatic heterocycles. The van der Waals surface area contributed by atoms with E-state index in [0.717, 1.165) is 11.1 Å². The molecule has 0 saturated carbocycles. The Morgan fingerprint density at radius 1 is 1.35 bits per heavy atom. The number of hydrogen-bond acceptors (Lipinski definition) is 4. The number of ether oxygens (including phenoxy) is 1. The maximum Gasteiger partial charge on any atom is 0.319 e. The molecular formula is C17H22N2O3S. The summed E-state index contributed by atoms with van der Waals surface area (Å²) in [6, 6.07) is 8.98. The van der Waals surface area contributed by atoms with Crippen LogP contribution in [0.25, 0.3) is 0 Å². The molecule has 0 aliphatic heterocycles. The van der Waals surface area contributed by atoms with E-state index in [9.17, 15) is 9.90 Å². The Morgan fingerprint density at radius 2 is 2.13 bits per heavy atom. The van der Waals surface area contributed by atoms with E-state index in [1.807, 2.05) is 48.0 Å². The summed E-state index contributed by atoms with van der Waals surface area (Å²) in [5.41, 5.74) is 1.31. The summed E-state index contributed by atoms with van der Waals surface area (Å²) in [5.74, 6) is 0. The Morgan fingerprint density at radius 3 is 2.83 bits per heavy atom. The van der Waals surface area contributed by atoms with Gasteiger partial charge in [-0.25, -0.2) is 4.79 Å². The van der Waals surface area contributed by atoms with Gasteiger partial charge in [-0.15, -0.1) is 0 Å². The Bertz CT molecular complexity index is 627. The van der Waals surface area contributed by atoms with Crippen LogP contribution in [0.1, 0.15) is 25.0 Å². The molecule has 6 heteroatoms. The first kappa shape index (κ1) is 17.5.